The highest BCUT2D eigenvalue weighted by Crippen LogP contribution is 2.33. The zero-order valence-corrected chi connectivity index (χ0v) is 15.0. The molecule has 2 aromatic rings. The van der Waals surface area contributed by atoms with E-state index in [2.05, 4.69) is 10.5 Å². The second-order valence-electron chi connectivity index (χ2n) is 6.15. The normalized spacial score (nSPS) is 17.9. The van der Waals surface area contributed by atoms with Crippen molar-refractivity contribution in [1.82, 2.24) is 5.43 Å². The summed E-state index contributed by atoms with van der Waals surface area (Å²) in [5.41, 5.74) is 12.5. The van der Waals surface area contributed by atoms with E-state index in [1.54, 1.807) is 0 Å². The van der Waals surface area contributed by atoms with Gasteiger partial charge < -0.3 is 10.6 Å². The van der Waals surface area contributed by atoms with Crippen LogP contribution in [0.5, 0.6) is 0 Å². The van der Waals surface area contributed by atoms with Gasteiger partial charge >= 0.3 is 0 Å². The molecule has 0 fully saturated rings. The summed E-state index contributed by atoms with van der Waals surface area (Å²) in [4.78, 5) is 14.9. The molecule has 6 heteroatoms. The van der Waals surface area contributed by atoms with E-state index in [1.165, 1.54) is 0 Å². The van der Waals surface area contributed by atoms with Crippen LogP contribution < -0.4 is 16.1 Å². The minimum Gasteiger partial charge on any atom is -0.375 e. The largest absolute Gasteiger partial charge is 0.375 e. The van der Waals surface area contributed by atoms with E-state index in [4.69, 9.17) is 18.0 Å². The minimum atomic E-state index is -0.0326. The SMILES string of the molecule is Cc1ccc2c(c1)/C(=N/NC(N)=S)CC(C)N2C(=O)c1ccccc1. The highest BCUT2D eigenvalue weighted by molar-refractivity contribution is 7.80. The lowest BCUT2D eigenvalue weighted by atomic mass is 9.92. The Morgan fingerprint density at radius 1 is 1.28 bits per heavy atom. The fraction of sp³-hybridized carbons (Fsp3) is 0.211. The first-order valence-corrected chi connectivity index (χ1v) is 8.50. The van der Waals surface area contributed by atoms with Gasteiger partial charge in [-0.2, -0.15) is 5.10 Å². The van der Waals surface area contributed by atoms with Crippen molar-refractivity contribution in [2.24, 2.45) is 10.8 Å². The summed E-state index contributed by atoms with van der Waals surface area (Å²) in [7, 11) is 0. The number of nitrogens with zero attached hydrogens (tertiary/aromatic N) is 2. The second-order valence-corrected chi connectivity index (χ2v) is 6.59. The van der Waals surface area contributed by atoms with Crippen LogP contribution in [-0.2, 0) is 0 Å². The monoisotopic (exact) mass is 352 g/mol. The van der Waals surface area contributed by atoms with Crippen molar-refractivity contribution >= 4 is 34.6 Å². The number of amides is 1. The molecule has 0 spiro atoms. The summed E-state index contributed by atoms with van der Waals surface area (Å²) in [5.74, 6) is -0.0143. The molecule has 1 aliphatic heterocycles. The van der Waals surface area contributed by atoms with Crippen LogP contribution in [0.1, 0.15) is 34.8 Å². The van der Waals surface area contributed by atoms with Gasteiger partial charge in [0.05, 0.1) is 11.4 Å². The van der Waals surface area contributed by atoms with Crippen LogP contribution in [0.3, 0.4) is 0 Å². The number of carbonyl (C=O) groups excluding carboxylic acids is 1. The molecular weight excluding hydrogens is 332 g/mol. The molecule has 2 aromatic carbocycles. The van der Waals surface area contributed by atoms with Crippen LogP contribution in [0.2, 0.25) is 0 Å². The van der Waals surface area contributed by atoms with Crippen molar-refractivity contribution in [2.45, 2.75) is 26.3 Å². The molecule has 0 radical (unpaired) electrons. The van der Waals surface area contributed by atoms with Gasteiger partial charge in [-0.25, -0.2) is 0 Å². The van der Waals surface area contributed by atoms with Crippen LogP contribution in [0.4, 0.5) is 5.69 Å². The predicted molar refractivity (Wildman–Crippen MR) is 105 cm³/mol. The molecule has 128 valence electrons. The van der Waals surface area contributed by atoms with E-state index in [1.807, 2.05) is 67.3 Å². The number of aryl methyl sites for hydroxylation is 1. The number of anilines is 1. The van der Waals surface area contributed by atoms with Crippen LogP contribution >= 0.6 is 12.2 Å². The Balaban J connectivity index is 2.06. The van der Waals surface area contributed by atoms with E-state index in [-0.39, 0.29) is 17.1 Å². The van der Waals surface area contributed by atoms with E-state index in [0.29, 0.717) is 12.0 Å². The average Bonchev–Trinajstić information content (AvgIpc) is 2.60. The third-order valence-corrected chi connectivity index (χ3v) is 4.28. The number of nitrogens with one attached hydrogen (secondary N) is 1. The van der Waals surface area contributed by atoms with Gasteiger partial charge in [0, 0.05) is 23.6 Å². The molecule has 3 rings (SSSR count). The maximum absolute atomic E-state index is 13.1. The van der Waals surface area contributed by atoms with Gasteiger partial charge in [-0.05, 0) is 50.3 Å². The second kappa shape index (κ2) is 7.03. The Hall–Kier alpha value is -2.73. The number of thiocarbonyl (C=S) groups is 1. The molecule has 0 bridgehead atoms. The lowest BCUT2D eigenvalue weighted by molar-refractivity contribution is 0.0978. The molecule has 0 saturated heterocycles. The molecule has 0 aliphatic carbocycles. The molecule has 1 heterocycles. The van der Waals surface area contributed by atoms with Crippen LogP contribution in [0.15, 0.2) is 53.6 Å². The van der Waals surface area contributed by atoms with Gasteiger partial charge in [-0.3, -0.25) is 10.2 Å². The molecule has 0 saturated carbocycles. The van der Waals surface area contributed by atoms with E-state index >= 15 is 0 Å². The average molecular weight is 352 g/mol. The minimum absolute atomic E-state index is 0.0143. The quantitative estimate of drug-likeness (QED) is 0.644. The number of fused-ring (bicyclic) bond motifs is 1. The Labute approximate surface area is 152 Å². The van der Waals surface area contributed by atoms with E-state index < -0.39 is 0 Å². The third-order valence-electron chi connectivity index (χ3n) is 4.19. The number of hydrazone groups is 1. The first-order valence-electron chi connectivity index (χ1n) is 8.09. The van der Waals surface area contributed by atoms with Gasteiger partial charge in [0.2, 0.25) is 0 Å². The summed E-state index contributed by atoms with van der Waals surface area (Å²) in [6, 6.07) is 15.3. The summed E-state index contributed by atoms with van der Waals surface area (Å²) in [6.07, 6.45) is 0.616. The van der Waals surface area contributed by atoms with Crippen molar-refractivity contribution in [3.63, 3.8) is 0 Å². The molecule has 0 aromatic heterocycles. The number of rotatable bonds is 2. The molecule has 3 N–H and O–H groups in total. The standard InChI is InChI=1S/C19H20N4OS/c1-12-8-9-17-15(10-12)16(21-22-19(20)25)11-13(2)23(17)18(24)14-6-4-3-5-7-14/h3-10,13H,11H2,1-2H3,(H3,20,22,25)/b21-16+. The summed E-state index contributed by atoms with van der Waals surface area (Å²) >= 11 is 4.84. The summed E-state index contributed by atoms with van der Waals surface area (Å²) in [5, 5.41) is 4.47. The van der Waals surface area contributed by atoms with Crippen molar-refractivity contribution in [2.75, 3.05) is 4.90 Å². The third kappa shape index (κ3) is 3.53. The van der Waals surface area contributed by atoms with Crippen molar-refractivity contribution in [3.05, 3.63) is 65.2 Å². The van der Waals surface area contributed by atoms with Crippen molar-refractivity contribution in [3.8, 4) is 0 Å². The van der Waals surface area contributed by atoms with Gasteiger partial charge in [-0.1, -0.05) is 29.8 Å². The highest BCUT2D eigenvalue weighted by atomic mass is 32.1. The highest BCUT2D eigenvalue weighted by Gasteiger charge is 2.32. The summed E-state index contributed by atoms with van der Waals surface area (Å²) in [6.45, 7) is 4.03. The Bertz CT molecular complexity index is 848. The lowest BCUT2D eigenvalue weighted by Crippen LogP contribution is -2.44. The Kier molecular flexibility index (Phi) is 4.81. The van der Waals surface area contributed by atoms with Gasteiger partial charge in [-0.15, -0.1) is 0 Å². The predicted octanol–water partition coefficient (Wildman–Crippen LogP) is 2.97. The topological polar surface area (TPSA) is 70.7 Å². The maximum Gasteiger partial charge on any atom is 0.258 e. The molecular formula is C19H20N4OS. The number of benzene rings is 2. The number of carbonyl (C=O) groups is 1. The molecule has 1 aliphatic rings. The zero-order valence-electron chi connectivity index (χ0n) is 14.2. The molecule has 1 unspecified atom stereocenters. The number of hydrogen-bond acceptors (Lipinski definition) is 3. The smallest absolute Gasteiger partial charge is 0.258 e. The molecule has 1 amide bonds. The van der Waals surface area contributed by atoms with Crippen LogP contribution in [0.25, 0.3) is 0 Å². The Morgan fingerprint density at radius 3 is 2.68 bits per heavy atom. The maximum atomic E-state index is 13.1. The van der Waals surface area contributed by atoms with Crippen molar-refractivity contribution in [1.29, 1.82) is 0 Å². The van der Waals surface area contributed by atoms with Crippen LogP contribution in [-0.4, -0.2) is 22.8 Å². The van der Waals surface area contributed by atoms with E-state index in [9.17, 15) is 4.79 Å². The molecule has 25 heavy (non-hydrogen) atoms. The van der Waals surface area contributed by atoms with Gasteiger partial charge in [0.1, 0.15) is 0 Å². The molecule has 1 atom stereocenters. The number of hydrogen-bond donors (Lipinski definition) is 2. The van der Waals surface area contributed by atoms with Gasteiger partial charge in [0.25, 0.3) is 5.91 Å². The first kappa shape index (κ1) is 17.1. The van der Waals surface area contributed by atoms with Crippen molar-refractivity contribution < 1.29 is 4.79 Å². The summed E-state index contributed by atoms with van der Waals surface area (Å²) < 4.78 is 0. The fourth-order valence-corrected chi connectivity index (χ4v) is 3.11. The number of nitrogens with two attached hydrogens (primary N) is 1. The Morgan fingerprint density at radius 2 is 2.00 bits per heavy atom. The molecule has 5 nitrogen and oxygen atoms in total. The zero-order chi connectivity index (χ0) is 18.0. The first-order chi connectivity index (χ1) is 12.0. The van der Waals surface area contributed by atoms with E-state index in [0.717, 1.165) is 22.5 Å². The van der Waals surface area contributed by atoms with Crippen LogP contribution in [0, 0.1) is 6.92 Å². The lowest BCUT2D eigenvalue weighted by Gasteiger charge is -2.36. The fourth-order valence-electron chi connectivity index (χ4n) is 3.07. The van der Waals surface area contributed by atoms with Gasteiger partial charge in [0.15, 0.2) is 5.11 Å².